The molecule has 92 valence electrons. The van der Waals surface area contributed by atoms with Gasteiger partial charge in [-0.3, -0.25) is 14.9 Å². The molecule has 0 rings (SSSR count). The number of rotatable bonds is 5. The van der Waals surface area contributed by atoms with Crippen LogP contribution in [0.2, 0.25) is 0 Å². The Balaban J connectivity index is 3.79. The summed E-state index contributed by atoms with van der Waals surface area (Å²) in [6, 6.07) is -1.12. The fourth-order valence-electron chi connectivity index (χ4n) is 0.868. The van der Waals surface area contributed by atoms with Crippen LogP contribution < -0.4 is 16.0 Å². The molecule has 0 aromatic carbocycles. The molecule has 3 amide bonds. The first-order valence-corrected chi connectivity index (χ1v) is 4.84. The maximum absolute atomic E-state index is 11.3. The van der Waals surface area contributed by atoms with E-state index >= 15 is 0 Å². The lowest BCUT2D eigenvalue weighted by atomic mass is 10.3. The molecule has 0 bridgehead atoms. The van der Waals surface area contributed by atoms with Gasteiger partial charge >= 0.3 is 12.0 Å². The van der Waals surface area contributed by atoms with Gasteiger partial charge < -0.3 is 15.4 Å². The Morgan fingerprint density at radius 2 is 1.94 bits per heavy atom. The van der Waals surface area contributed by atoms with E-state index in [0.717, 1.165) is 0 Å². The van der Waals surface area contributed by atoms with Gasteiger partial charge in [0.1, 0.15) is 0 Å². The Bertz CT molecular complexity index is 267. The Morgan fingerprint density at radius 1 is 1.31 bits per heavy atom. The summed E-state index contributed by atoms with van der Waals surface area (Å²) in [5.74, 6) is -0.810. The third kappa shape index (κ3) is 5.97. The van der Waals surface area contributed by atoms with Crippen LogP contribution in [-0.4, -0.2) is 44.7 Å². The number of carbonyl (C=O) groups is 3. The van der Waals surface area contributed by atoms with E-state index in [2.05, 4.69) is 20.7 Å². The average Bonchev–Trinajstić information content (AvgIpc) is 2.28. The summed E-state index contributed by atoms with van der Waals surface area (Å²) in [4.78, 5) is 32.9. The maximum Gasteiger partial charge on any atom is 0.321 e. The number of methoxy groups -OCH3 is 1. The summed E-state index contributed by atoms with van der Waals surface area (Å²) < 4.78 is 4.43. The quantitative estimate of drug-likeness (QED) is 0.526. The van der Waals surface area contributed by atoms with Crippen molar-refractivity contribution in [3.05, 3.63) is 0 Å². The number of esters is 1. The van der Waals surface area contributed by atoms with Gasteiger partial charge in [-0.25, -0.2) is 4.79 Å². The normalized spacial score (nSPS) is 11.4. The molecule has 7 heteroatoms. The molecule has 0 aliphatic rings. The predicted molar refractivity (Wildman–Crippen MR) is 56.7 cm³/mol. The van der Waals surface area contributed by atoms with E-state index in [1.54, 1.807) is 6.92 Å². The van der Waals surface area contributed by atoms with Crippen molar-refractivity contribution >= 4 is 17.9 Å². The Kier molecular flexibility index (Phi) is 6.86. The Labute approximate surface area is 93.9 Å². The Hall–Kier alpha value is -1.63. The fourth-order valence-corrected chi connectivity index (χ4v) is 0.868. The first-order valence-electron chi connectivity index (χ1n) is 4.84. The summed E-state index contributed by atoms with van der Waals surface area (Å²) >= 11 is 0. The second-order valence-electron chi connectivity index (χ2n) is 3.07. The van der Waals surface area contributed by atoms with E-state index in [0.29, 0.717) is 6.54 Å². The molecule has 0 radical (unpaired) electrons. The minimum absolute atomic E-state index is 0.175. The fraction of sp³-hybridized carbons (Fsp3) is 0.667. The van der Waals surface area contributed by atoms with Gasteiger partial charge in [-0.15, -0.1) is 0 Å². The summed E-state index contributed by atoms with van der Waals surface area (Å²) in [6.07, 6.45) is 0.175. The van der Waals surface area contributed by atoms with Crippen molar-refractivity contribution in [2.24, 2.45) is 0 Å². The summed E-state index contributed by atoms with van der Waals surface area (Å²) in [5, 5.41) is 7.16. The van der Waals surface area contributed by atoms with Gasteiger partial charge in [0, 0.05) is 13.6 Å². The molecule has 3 N–H and O–H groups in total. The van der Waals surface area contributed by atoms with Gasteiger partial charge in [0.2, 0.25) is 5.91 Å². The van der Waals surface area contributed by atoms with Gasteiger partial charge in [0.15, 0.2) is 0 Å². The van der Waals surface area contributed by atoms with Gasteiger partial charge in [0.25, 0.3) is 0 Å². The van der Waals surface area contributed by atoms with Crippen LogP contribution in [0.15, 0.2) is 0 Å². The zero-order valence-corrected chi connectivity index (χ0v) is 9.62. The zero-order valence-electron chi connectivity index (χ0n) is 9.62. The summed E-state index contributed by atoms with van der Waals surface area (Å²) in [6.45, 7) is 1.91. The molecule has 1 atom stereocenters. The lowest BCUT2D eigenvalue weighted by molar-refractivity contribution is -0.140. The molecule has 1 unspecified atom stereocenters. The van der Waals surface area contributed by atoms with E-state index in [4.69, 9.17) is 0 Å². The summed E-state index contributed by atoms with van der Waals surface area (Å²) in [5.41, 5.74) is 0. The van der Waals surface area contributed by atoms with E-state index in [9.17, 15) is 14.4 Å². The molecule has 0 aromatic rings. The minimum Gasteiger partial charge on any atom is -0.469 e. The van der Waals surface area contributed by atoms with Crippen LogP contribution in [0.3, 0.4) is 0 Å². The van der Waals surface area contributed by atoms with Gasteiger partial charge in [-0.1, -0.05) is 0 Å². The highest BCUT2D eigenvalue weighted by Crippen LogP contribution is 1.86. The van der Waals surface area contributed by atoms with Gasteiger partial charge in [-0.05, 0) is 6.92 Å². The SMILES string of the molecule is CNC(=O)NC(=O)C(C)NCCC(=O)OC. The number of hydrogen-bond acceptors (Lipinski definition) is 5. The average molecular weight is 231 g/mol. The number of nitrogens with one attached hydrogen (secondary N) is 3. The molecule has 0 aliphatic heterocycles. The molecule has 0 aliphatic carbocycles. The first-order chi connectivity index (χ1) is 7.51. The lowest BCUT2D eigenvalue weighted by Crippen LogP contribution is -2.47. The standard InChI is InChI=1S/C9H17N3O4/c1-6(8(14)12-9(15)10-2)11-5-4-7(13)16-3/h6,11H,4-5H2,1-3H3,(H2,10,12,14,15). The molecule has 0 aromatic heterocycles. The van der Waals surface area contributed by atoms with Crippen LogP contribution >= 0.6 is 0 Å². The number of amides is 3. The van der Waals surface area contributed by atoms with Crippen LogP contribution in [0.5, 0.6) is 0 Å². The number of carbonyl (C=O) groups excluding carboxylic acids is 3. The first kappa shape index (κ1) is 14.4. The molecular formula is C9H17N3O4. The third-order valence-electron chi connectivity index (χ3n) is 1.86. The molecule has 0 saturated carbocycles. The number of hydrogen-bond donors (Lipinski definition) is 3. The lowest BCUT2D eigenvalue weighted by Gasteiger charge is -2.12. The second kappa shape index (κ2) is 7.63. The van der Waals surface area contributed by atoms with E-state index in [-0.39, 0.29) is 12.4 Å². The maximum atomic E-state index is 11.3. The van der Waals surface area contributed by atoms with Crippen LogP contribution in [0.1, 0.15) is 13.3 Å². The minimum atomic E-state index is -0.563. The van der Waals surface area contributed by atoms with Crippen LogP contribution in [0, 0.1) is 0 Å². The predicted octanol–water partition coefficient (Wildman–Crippen LogP) is -1.02. The monoisotopic (exact) mass is 231 g/mol. The molecule has 0 fully saturated rings. The molecule has 7 nitrogen and oxygen atoms in total. The van der Waals surface area contributed by atoms with Crippen molar-refractivity contribution < 1.29 is 19.1 Å². The van der Waals surface area contributed by atoms with Crippen molar-refractivity contribution in [1.29, 1.82) is 0 Å². The van der Waals surface area contributed by atoms with E-state index in [1.165, 1.54) is 14.2 Å². The summed E-state index contributed by atoms with van der Waals surface area (Å²) in [7, 11) is 2.71. The largest absolute Gasteiger partial charge is 0.469 e. The topological polar surface area (TPSA) is 96.5 Å². The second-order valence-corrected chi connectivity index (χ2v) is 3.07. The van der Waals surface area contributed by atoms with Gasteiger partial charge in [-0.2, -0.15) is 0 Å². The molecular weight excluding hydrogens is 214 g/mol. The molecule has 16 heavy (non-hydrogen) atoms. The number of ether oxygens (including phenoxy) is 1. The van der Waals surface area contributed by atoms with Crippen molar-refractivity contribution in [1.82, 2.24) is 16.0 Å². The Morgan fingerprint density at radius 3 is 2.44 bits per heavy atom. The van der Waals surface area contributed by atoms with Crippen LogP contribution in [0.4, 0.5) is 4.79 Å². The zero-order chi connectivity index (χ0) is 12.6. The molecule has 0 heterocycles. The van der Waals surface area contributed by atoms with Crippen LogP contribution in [0.25, 0.3) is 0 Å². The van der Waals surface area contributed by atoms with E-state index in [1.807, 2.05) is 0 Å². The smallest absolute Gasteiger partial charge is 0.321 e. The highest BCUT2D eigenvalue weighted by Gasteiger charge is 2.14. The van der Waals surface area contributed by atoms with Crippen molar-refractivity contribution in [3.8, 4) is 0 Å². The third-order valence-corrected chi connectivity index (χ3v) is 1.86. The van der Waals surface area contributed by atoms with E-state index < -0.39 is 18.0 Å². The van der Waals surface area contributed by atoms with Crippen LogP contribution in [-0.2, 0) is 14.3 Å². The highest BCUT2D eigenvalue weighted by atomic mass is 16.5. The molecule has 0 spiro atoms. The number of imide groups is 1. The van der Waals surface area contributed by atoms with Crippen molar-refractivity contribution in [3.63, 3.8) is 0 Å². The van der Waals surface area contributed by atoms with Crippen molar-refractivity contribution in [2.75, 3.05) is 20.7 Å². The molecule has 0 saturated heterocycles. The van der Waals surface area contributed by atoms with Crippen molar-refractivity contribution in [2.45, 2.75) is 19.4 Å². The van der Waals surface area contributed by atoms with Gasteiger partial charge in [0.05, 0.1) is 19.6 Å². The highest BCUT2D eigenvalue weighted by molar-refractivity contribution is 5.96. The number of urea groups is 1.